The van der Waals surface area contributed by atoms with Gasteiger partial charge in [-0.25, -0.2) is 4.39 Å². The van der Waals surface area contributed by atoms with E-state index in [4.69, 9.17) is 9.26 Å². The van der Waals surface area contributed by atoms with Gasteiger partial charge in [0, 0.05) is 11.6 Å². The first-order valence-corrected chi connectivity index (χ1v) is 5.77. The second-order valence-corrected chi connectivity index (χ2v) is 4.07. The van der Waals surface area contributed by atoms with Crippen LogP contribution in [0.4, 0.5) is 17.6 Å². The van der Waals surface area contributed by atoms with Crippen LogP contribution in [0.15, 0.2) is 22.7 Å². The molecule has 3 nitrogen and oxygen atoms in total. The van der Waals surface area contributed by atoms with E-state index in [1.807, 2.05) is 0 Å². The Labute approximate surface area is 112 Å². The van der Waals surface area contributed by atoms with Crippen molar-refractivity contribution in [2.24, 2.45) is 0 Å². The first-order valence-electron chi connectivity index (χ1n) is 5.77. The summed E-state index contributed by atoms with van der Waals surface area (Å²) in [5.41, 5.74) is -0.922. The van der Waals surface area contributed by atoms with E-state index in [2.05, 4.69) is 5.16 Å². The van der Waals surface area contributed by atoms with Crippen LogP contribution in [0.5, 0.6) is 5.75 Å². The molecular formula is C13H11F4NO2. The predicted octanol–water partition coefficient (Wildman–Crippen LogP) is 4.07. The van der Waals surface area contributed by atoms with Crippen molar-refractivity contribution in [2.75, 3.05) is 7.11 Å². The molecule has 0 atom stereocenters. The van der Waals surface area contributed by atoms with Crippen LogP contribution in [0.2, 0.25) is 0 Å². The number of nitrogens with zero attached hydrogens (tertiary/aromatic N) is 1. The highest BCUT2D eigenvalue weighted by Crippen LogP contribution is 2.40. The summed E-state index contributed by atoms with van der Waals surface area (Å²) >= 11 is 0. The van der Waals surface area contributed by atoms with Gasteiger partial charge in [-0.15, -0.1) is 0 Å². The Hall–Kier alpha value is -2.05. The zero-order chi connectivity index (χ0) is 14.9. The van der Waals surface area contributed by atoms with Crippen LogP contribution in [0.3, 0.4) is 0 Å². The van der Waals surface area contributed by atoms with Crippen molar-refractivity contribution in [1.29, 1.82) is 0 Å². The van der Waals surface area contributed by atoms with Crippen LogP contribution in [0, 0.1) is 5.82 Å². The van der Waals surface area contributed by atoms with E-state index in [-0.39, 0.29) is 17.1 Å². The molecule has 0 fully saturated rings. The second kappa shape index (κ2) is 5.15. The molecule has 2 aromatic rings. The molecule has 0 unspecified atom stereocenters. The van der Waals surface area contributed by atoms with Crippen molar-refractivity contribution in [3.63, 3.8) is 0 Å². The largest absolute Gasteiger partial charge is 0.494 e. The van der Waals surface area contributed by atoms with Gasteiger partial charge >= 0.3 is 6.18 Å². The monoisotopic (exact) mass is 289 g/mol. The molecule has 0 radical (unpaired) electrons. The number of aryl methyl sites for hydroxylation is 1. The highest BCUT2D eigenvalue weighted by Gasteiger charge is 2.36. The van der Waals surface area contributed by atoms with Gasteiger partial charge in [-0.2, -0.15) is 13.2 Å². The number of halogens is 4. The van der Waals surface area contributed by atoms with Gasteiger partial charge in [0.2, 0.25) is 0 Å². The number of methoxy groups -OCH3 is 1. The van der Waals surface area contributed by atoms with Crippen LogP contribution in [0.25, 0.3) is 11.3 Å². The van der Waals surface area contributed by atoms with Crippen LogP contribution in [-0.2, 0) is 12.6 Å². The van der Waals surface area contributed by atoms with Crippen molar-refractivity contribution in [3.05, 3.63) is 35.3 Å². The number of benzene rings is 1. The smallest absolute Gasteiger partial charge is 0.417 e. The molecule has 0 aliphatic heterocycles. The van der Waals surface area contributed by atoms with E-state index in [0.29, 0.717) is 18.2 Å². The minimum Gasteiger partial charge on any atom is -0.494 e. The summed E-state index contributed by atoms with van der Waals surface area (Å²) in [6, 6.07) is 2.74. The molecule has 2 rings (SSSR count). The first kappa shape index (κ1) is 14.4. The van der Waals surface area contributed by atoms with Gasteiger partial charge in [-0.1, -0.05) is 12.1 Å². The lowest BCUT2D eigenvalue weighted by molar-refractivity contribution is -0.137. The normalized spacial score (nSPS) is 11.7. The summed E-state index contributed by atoms with van der Waals surface area (Å²) in [6.07, 6.45) is -4.19. The summed E-state index contributed by atoms with van der Waals surface area (Å²) in [5, 5.41) is 3.64. The molecule has 0 saturated carbocycles. The molecule has 0 spiro atoms. The number of hydrogen-bond acceptors (Lipinski definition) is 3. The quantitative estimate of drug-likeness (QED) is 0.799. The number of hydrogen-bond donors (Lipinski definition) is 0. The number of aromatic nitrogens is 1. The third kappa shape index (κ3) is 2.61. The van der Waals surface area contributed by atoms with Gasteiger partial charge < -0.3 is 9.26 Å². The van der Waals surface area contributed by atoms with Crippen molar-refractivity contribution in [2.45, 2.75) is 19.5 Å². The summed E-state index contributed by atoms with van der Waals surface area (Å²) in [4.78, 5) is 0. The summed E-state index contributed by atoms with van der Waals surface area (Å²) in [6.45, 7) is 1.79. The average Bonchev–Trinajstić information content (AvgIpc) is 2.86. The second-order valence-electron chi connectivity index (χ2n) is 4.07. The third-order valence-electron chi connectivity index (χ3n) is 2.78. The lowest BCUT2D eigenvalue weighted by Crippen LogP contribution is -2.08. The summed E-state index contributed by atoms with van der Waals surface area (Å²) < 4.78 is 62.0. The maximum Gasteiger partial charge on any atom is 0.417 e. The zero-order valence-corrected chi connectivity index (χ0v) is 10.7. The summed E-state index contributed by atoms with van der Waals surface area (Å²) in [7, 11) is 1.17. The number of rotatable bonds is 3. The SMILES string of the molecule is CCc1cc(-c2cc(OC)c(F)cc2C(F)(F)F)on1. The van der Waals surface area contributed by atoms with Gasteiger partial charge in [0.1, 0.15) is 0 Å². The van der Waals surface area contributed by atoms with Gasteiger partial charge in [0.25, 0.3) is 0 Å². The molecule has 0 aliphatic carbocycles. The molecule has 0 aliphatic rings. The molecule has 1 heterocycles. The van der Waals surface area contributed by atoms with Crippen LogP contribution >= 0.6 is 0 Å². The maximum atomic E-state index is 13.5. The van der Waals surface area contributed by atoms with Crippen LogP contribution in [-0.4, -0.2) is 12.3 Å². The van der Waals surface area contributed by atoms with Gasteiger partial charge in [0.05, 0.1) is 18.4 Å². The molecule has 0 amide bonds. The molecule has 7 heteroatoms. The molecule has 0 bridgehead atoms. The van der Waals surface area contributed by atoms with Gasteiger partial charge in [-0.3, -0.25) is 0 Å². The number of ether oxygens (including phenoxy) is 1. The van der Waals surface area contributed by atoms with Gasteiger partial charge in [-0.05, 0) is 18.6 Å². The molecule has 108 valence electrons. The Morgan fingerprint density at radius 1 is 1.25 bits per heavy atom. The third-order valence-corrected chi connectivity index (χ3v) is 2.78. The van der Waals surface area contributed by atoms with Gasteiger partial charge in [0.15, 0.2) is 17.3 Å². The molecule has 1 aromatic heterocycles. The van der Waals surface area contributed by atoms with E-state index < -0.39 is 17.6 Å². The average molecular weight is 289 g/mol. The Morgan fingerprint density at radius 3 is 2.45 bits per heavy atom. The van der Waals surface area contributed by atoms with E-state index in [9.17, 15) is 17.6 Å². The lowest BCUT2D eigenvalue weighted by atomic mass is 10.0. The standard InChI is InChI=1S/C13H11F4NO2/c1-3-7-4-11(20-18-7)8-5-12(19-2)10(14)6-9(8)13(15,16)17/h4-6H,3H2,1-2H3. The first-order chi connectivity index (χ1) is 9.36. The minimum absolute atomic E-state index is 0.0764. The topological polar surface area (TPSA) is 35.3 Å². The maximum absolute atomic E-state index is 13.5. The highest BCUT2D eigenvalue weighted by atomic mass is 19.4. The van der Waals surface area contributed by atoms with Crippen LogP contribution < -0.4 is 4.74 Å². The van der Waals surface area contributed by atoms with E-state index in [1.165, 1.54) is 13.2 Å². The fourth-order valence-corrected chi connectivity index (χ4v) is 1.75. The van der Waals surface area contributed by atoms with Crippen molar-refractivity contribution in [1.82, 2.24) is 5.16 Å². The van der Waals surface area contributed by atoms with E-state index in [0.717, 1.165) is 6.07 Å². The minimum atomic E-state index is -4.71. The predicted molar refractivity (Wildman–Crippen MR) is 62.8 cm³/mol. The van der Waals surface area contributed by atoms with Crippen molar-refractivity contribution < 1.29 is 26.8 Å². The van der Waals surface area contributed by atoms with Crippen LogP contribution in [0.1, 0.15) is 18.2 Å². The van der Waals surface area contributed by atoms with E-state index >= 15 is 0 Å². The fraction of sp³-hybridized carbons (Fsp3) is 0.308. The zero-order valence-electron chi connectivity index (χ0n) is 10.7. The van der Waals surface area contributed by atoms with Crippen molar-refractivity contribution >= 4 is 0 Å². The highest BCUT2D eigenvalue weighted by molar-refractivity contribution is 5.65. The Morgan fingerprint density at radius 2 is 1.95 bits per heavy atom. The number of alkyl halides is 3. The Bertz CT molecular complexity index is 619. The Balaban J connectivity index is 2.65. The Kier molecular flexibility index (Phi) is 3.69. The summed E-state index contributed by atoms with van der Waals surface area (Å²) in [5.74, 6) is -1.45. The van der Waals surface area contributed by atoms with E-state index in [1.54, 1.807) is 6.92 Å². The molecule has 0 N–H and O–H groups in total. The fourth-order valence-electron chi connectivity index (χ4n) is 1.75. The van der Waals surface area contributed by atoms with Crippen molar-refractivity contribution in [3.8, 4) is 17.1 Å². The lowest BCUT2D eigenvalue weighted by Gasteiger charge is -2.13. The molecule has 20 heavy (non-hydrogen) atoms. The molecule has 0 saturated heterocycles. The molecule has 1 aromatic carbocycles. The molecular weight excluding hydrogens is 278 g/mol.